The maximum atomic E-state index is 10.7. The summed E-state index contributed by atoms with van der Waals surface area (Å²) in [5.41, 5.74) is 5.22. The monoisotopic (exact) mass is 334 g/mol. The van der Waals surface area contributed by atoms with Gasteiger partial charge in [-0.05, 0) is 38.5 Å². The van der Waals surface area contributed by atoms with Crippen molar-refractivity contribution in [2.75, 3.05) is 6.61 Å². The van der Waals surface area contributed by atoms with Crippen molar-refractivity contribution < 1.29 is 14.6 Å². The molecule has 0 spiro atoms. The van der Waals surface area contributed by atoms with Crippen LogP contribution in [-0.2, 0) is 27.4 Å². The number of carboxylic acid groups (broad SMARTS) is 1. The van der Waals surface area contributed by atoms with Crippen LogP contribution in [0, 0.1) is 0 Å². The molecule has 3 heteroatoms. The second kappa shape index (κ2) is 6.78. The lowest BCUT2D eigenvalue weighted by molar-refractivity contribution is 0.0926. The fraction of sp³-hybridized carbons (Fsp3) is 0.667. The molecule has 1 N–H and O–H groups in total. The molecule has 24 heavy (non-hydrogen) atoms. The van der Waals surface area contributed by atoms with Gasteiger partial charge in [-0.2, -0.15) is 0 Å². The van der Waals surface area contributed by atoms with E-state index in [9.17, 15) is 4.79 Å². The molecule has 0 heterocycles. The first kappa shape index (κ1) is 20.5. The van der Waals surface area contributed by atoms with E-state index in [1.54, 1.807) is 0 Å². The molecule has 0 saturated carbocycles. The van der Waals surface area contributed by atoms with E-state index in [4.69, 9.17) is 9.84 Å². The zero-order valence-electron chi connectivity index (χ0n) is 16.8. The summed E-state index contributed by atoms with van der Waals surface area (Å²) in [6.45, 7) is 20.2. The Kier molecular flexibility index (Phi) is 5.80. The highest BCUT2D eigenvalue weighted by molar-refractivity contribution is 5.56. The molecule has 0 aliphatic heterocycles. The first-order valence-corrected chi connectivity index (χ1v) is 8.68. The van der Waals surface area contributed by atoms with Crippen LogP contribution in [0.5, 0.6) is 0 Å². The van der Waals surface area contributed by atoms with Gasteiger partial charge in [0, 0.05) is 6.42 Å². The van der Waals surface area contributed by atoms with E-state index in [0.29, 0.717) is 6.42 Å². The number of carbonyl (C=O) groups is 1. The lowest BCUT2D eigenvalue weighted by atomic mass is 9.71. The van der Waals surface area contributed by atoms with Crippen LogP contribution in [-0.4, -0.2) is 17.9 Å². The van der Waals surface area contributed by atoms with E-state index in [2.05, 4.69) is 74.4 Å². The van der Waals surface area contributed by atoms with Crippen LogP contribution in [0.2, 0.25) is 0 Å². The highest BCUT2D eigenvalue weighted by atomic mass is 16.7. The Labute approximate surface area is 147 Å². The molecule has 0 unspecified atom stereocenters. The van der Waals surface area contributed by atoms with Crippen molar-refractivity contribution in [3.8, 4) is 0 Å². The molecule has 0 aromatic heterocycles. The second-order valence-electron chi connectivity index (χ2n) is 9.67. The normalized spacial score (nSPS) is 13.0. The van der Waals surface area contributed by atoms with Gasteiger partial charge in [0.1, 0.15) is 0 Å². The van der Waals surface area contributed by atoms with Gasteiger partial charge >= 0.3 is 6.16 Å². The number of ether oxygens (including phenoxy) is 1. The Morgan fingerprint density at radius 3 is 1.62 bits per heavy atom. The van der Waals surface area contributed by atoms with Crippen LogP contribution in [0.15, 0.2) is 12.1 Å². The molecule has 1 rings (SSSR count). The Morgan fingerprint density at radius 1 is 0.833 bits per heavy atom. The molecule has 0 fully saturated rings. The Hall–Kier alpha value is -1.51. The SMILES string of the molecule is CC(C)(C)c1cc(C(C)(C)C)c(C(C)(C)C)cc1CCOC(=O)O. The molecule has 0 amide bonds. The maximum Gasteiger partial charge on any atom is 0.505 e. The number of hydrogen-bond acceptors (Lipinski definition) is 2. The quantitative estimate of drug-likeness (QED) is 0.709. The van der Waals surface area contributed by atoms with Crippen molar-refractivity contribution in [2.45, 2.75) is 85.0 Å². The molecule has 0 atom stereocenters. The third-order valence-electron chi connectivity index (χ3n) is 4.26. The summed E-state index contributed by atoms with van der Waals surface area (Å²) in [5, 5.41) is 8.73. The van der Waals surface area contributed by atoms with Crippen molar-refractivity contribution in [1.29, 1.82) is 0 Å². The second-order valence-corrected chi connectivity index (χ2v) is 9.67. The standard InChI is InChI=1S/C21H34O3/c1-19(2,3)15-13-17(21(7,8)9)16(20(4,5)6)12-14(15)10-11-24-18(22)23/h12-13H,10-11H2,1-9H3,(H,22,23). The minimum absolute atomic E-state index is 0.00499. The summed E-state index contributed by atoms with van der Waals surface area (Å²) in [7, 11) is 0. The topological polar surface area (TPSA) is 46.5 Å². The third kappa shape index (κ3) is 5.25. The first-order chi connectivity index (χ1) is 10.6. The predicted molar refractivity (Wildman–Crippen MR) is 100 cm³/mol. The predicted octanol–water partition coefficient (Wildman–Crippen LogP) is 5.82. The fourth-order valence-electron chi connectivity index (χ4n) is 3.04. The number of rotatable bonds is 3. The Bertz CT molecular complexity index is 593. The summed E-state index contributed by atoms with van der Waals surface area (Å²) in [4.78, 5) is 10.7. The van der Waals surface area contributed by atoms with E-state index in [0.717, 1.165) is 0 Å². The first-order valence-electron chi connectivity index (χ1n) is 8.68. The van der Waals surface area contributed by atoms with Crippen LogP contribution in [0.3, 0.4) is 0 Å². The van der Waals surface area contributed by atoms with E-state index < -0.39 is 6.16 Å². The van der Waals surface area contributed by atoms with E-state index in [-0.39, 0.29) is 22.9 Å². The molecular formula is C21H34O3. The molecule has 0 bridgehead atoms. The van der Waals surface area contributed by atoms with Gasteiger partial charge in [0.15, 0.2) is 0 Å². The van der Waals surface area contributed by atoms with E-state index in [1.165, 1.54) is 22.3 Å². The zero-order chi connectivity index (χ0) is 18.9. The molecule has 0 aliphatic rings. The van der Waals surface area contributed by atoms with Crippen LogP contribution in [0.25, 0.3) is 0 Å². The Morgan fingerprint density at radius 2 is 1.25 bits per heavy atom. The van der Waals surface area contributed by atoms with Gasteiger partial charge in [-0.3, -0.25) is 0 Å². The largest absolute Gasteiger partial charge is 0.505 e. The number of hydrogen-bond donors (Lipinski definition) is 1. The maximum absolute atomic E-state index is 10.7. The lowest BCUT2D eigenvalue weighted by Crippen LogP contribution is -2.25. The van der Waals surface area contributed by atoms with Gasteiger partial charge in [-0.15, -0.1) is 0 Å². The van der Waals surface area contributed by atoms with Crippen molar-refractivity contribution in [1.82, 2.24) is 0 Å². The molecule has 0 saturated heterocycles. The smallest absolute Gasteiger partial charge is 0.450 e. The fourth-order valence-corrected chi connectivity index (χ4v) is 3.04. The summed E-state index contributed by atoms with van der Waals surface area (Å²) >= 11 is 0. The number of benzene rings is 1. The third-order valence-corrected chi connectivity index (χ3v) is 4.26. The van der Waals surface area contributed by atoms with Crippen LogP contribution < -0.4 is 0 Å². The summed E-state index contributed by atoms with van der Waals surface area (Å²) in [6, 6.07) is 4.60. The average Bonchev–Trinajstić information content (AvgIpc) is 2.33. The van der Waals surface area contributed by atoms with Crippen LogP contribution in [0.4, 0.5) is 4.79 Å². The lowest BCUT2D eigenvalue weighted by Gasteiger charge is -2.34. The minimum Gasteiger partial charge on any atom is -0.450 e. The molecule has 0 radical (unpaired) electrons. The van der Waals surface area contributed by atoms with Gasteiger partial charge in [0.2, 0.25) is 0 Å². The van der Waals surface area contributed by atoms with Crippen LogP contribution in [0.1, 0.15) is 84.6 Å². The molecular weight excluding hydrogens is 300 g/mol. The Balaban J connectivity index is 3.53. The van der Waals surface area contributed by atoms with Crippen molar-refractivity contribution in [2.24, 2.45) is 0 Å². The van der Waals surface area contributed by atoms with Crippen molar-refractivity contribution >= 4 is 6.16 Å². The van der Waals surface area contributed by atoms with E-state index in [1.807, 2.05) is 0 Å². The zero-order valence-corrected chi connectivity index (χ0v) is 16.8. The summed E-state index contributed by atoms with van der Waals surface area (Å²) in [5.74, 6) is 0. The molecule has 3 nitrogen and oxygen atoms in total. The van der Waals surface area contributed by atoms with Crippen molar-refractivity contribution in [3.05, 3.63) is 34.4 Å². The van der Waals surface area contributed by atoms with E-state index >= 15 is 0 Å². The average molecular weight is 335 g/mol. The van der Waals surface area contributed by atoms with Gasteiger partial charge in [0.25, 0.3) is 0 Å². The molecule has 136 valence electrons. The summed E-state index contributed by atoms with van der Waals surface area (Å²) in [6.07, 6.45) is -0.610. The van der Waals surface area contributed by atoms with Gasteiger partial charge in [0.05, 0.1) is 6.61 Å². The van der Waals surface area contributed by atoms with Crippen molar-refractivity contribution in [3.63, 3.8) is 0 Å². The highest BCUT2D eigenvalue weighted by Gasteiger charge is 2.29. The molecule has 1 aromatic rings. The minimum atomic E-state index is -1.21. The molecule has 0 aliphatic carbocycles. The van der Waals surface area contributed by atoms with Gasteiger partial charge < -0.3 is 9.84 Å². The summed E-state index contributed by atoms with van der Waals surface area (Å²) < 4.78 is 4.75. The van der Waals surface area contributed by atoms with Gasteiger partial charge in [-0.1, -0.05) is 74.4 Å². The molecule has 1 aromatic carbocycles. The van der Waals surface area contributed by atoms with Crippen LogP contribution >= 0.6 is 0 Å². The van der Waals surface area contributed by atoms with Gasteiger partial charge in [-0.25, -0.2) is 4.79 Å². The highest BCUT2D eigenvalue weighted by Crippen LogP contribution is 2.39.